The number of benzene rings is 2. The van der Waals surface area contributed by atoms with Crippen molar-refractivity contribution in [2.75, 3.05) is 10.2 Å². The standard InChI is InChI=1S/C27H22N4O4S/c1-16(32)29-19-9-11-20(12-10-19)31-25(24(30-27(31)36)21-4-2-3-15-28-21)23-14-13-22(35-23)17-5-7-18(8-6-17)26(33)34/h2-15,24-25H,1H3,(H,29,32)(H,30,36)(H,33,34)/t24-,25+/m1/s1. The minimum Gasteiger partial charge on any atom is -0.478 e. The molecule has 180 valence electrons. The van der Waals surface area contributed by atoms with Crippen LogP contribution >= 0.6 is 12.2 Å². The van der Waals surface area contributed by atoms with Gasteiger partial charge in [0.1, 0.15) is 17.6 Å². The number of furan rings is 1. The van der Waals surface area contributed by atoms with Crippen molar-refractivity contribution in [2.24, 2.45) is 0 Å². The summed E-state index contributed by atoms with van der Waals surface area (Å²) in [6, 6.07) is 22.8. The summed E-state index contributed by atoms with van der Waals surface area (Å²) in [5.74, 6) is 0.154. The number of pyridine rings is 1. The molecule has 0 unspecified atom stereocenters. The predicted octanol–water partition coefficient (Wildman–Crippen LogP) is 5.18. The quantitative estimate of drug-likeness (QED) is 0.312. The lowest BCUT2D eigenvalue weighted by molar-refractivity contribution is -0.114. The van der Waals surface area contributed by atoms with Gasteiger partial charge in [-0.1, -0.05) is 18.2 Å². The SMILES string of the molecule is CC(=O)Nc1ccc(N2C(=S)N[C@H](c3ccccn3)[C@@H]2c2ccc(-c3ccc(C(=O)O)cc3)o2)cc1. The van der Waals surface area contributed by atoms with E-state index in [1.165, 1.54) is 6.92 Å². The third-order valence-electron chi connectivity index (χ3n) is 5.90. The summed E-state index contributed by atoms with van der Waals surface area (Å²) in [6.07, 6.45) is 1.74. The third kappa shape index (κ3) is 4.56. The van der Waals surface area contributed by atoms with Crippen LogP contribution < -0.4 is 15.5 Å². The van der Waals surface area contributed by atoms with Crippen molar-refractivity contribution < 1.29 is 19.1 Å². The fraction of sp³-hybridized carbons (Fsp3) is 0.111. The number of carbonyl (C=O) groups excluding carboxylic acids is 1. The Hall–Kier alpha value is -4.50. The molecule has 0 aliphatic carbocycles. The van der Waals surface area contributed by atoms with Crippen LogP contribution in [0.25, 0.3) is 11.3 Å². The molecule has 1 fully saturated rings. The number of carboxylic acids is 1. The van der Waals surface area contributed by atoms with Crippen molar-refractivity contribution in [2.45, 2.75) is 19.0 Å². The van der Waals surface area contributed by atoms with E-state index in [1.54, 1.807) is 30.5 Å². The minimum absolute atomic E-state index is 0.145. The van der Waals surface area contributed by atoms with Crippen LogP contribution in [-0.4, -0.2) is 27.1 Å². The number of hydrogen-bond acceptors (Lipinski definition) is 5. The molecule has 1 amide bonds. The molecule has 0 radical (unpaired) electrons. The van der Waals surface area contributed by atoms with Gasteiger partial charge in [0, 0.05) is 30.1 Å². The van der Waals surface area contributed by atoms with Gasteiger partial charge in [0.05, 0.1) is 17.3 Å². The predicted molar refractivity (Wildman–Crippen MR) is 140 cm³/mol. The zero-order chi connectivity index (χ0) is 25.2. The highest BCUT2D eigenvalue weighted by Gasteiger charge is 2.42. The van der Waals surface area contributed by atoms with Gasteiger partial charge in [0.2, 0.25) is 5.91 Å². The normalized spacial score (nSPS) is 17.0. The molecule has 3 N–H and O–H groups in total. The van der Waals surface area contributed by atoms with Gasteiger partial charge in [0.25, 0.3) is 0 Å². The molecule has 2 aromatic carbocycles. The number of rotatable bonds is 6. The molecule has 36 heavy (non-hydrogen) atoms. The van der Waals surface area contributed by atoms with Crippen LogP contribution in [0.5, 0.6) is 0 Å². The number of nitrogens with zero attached hydrogens (tertiary/aromatic N) is 2. The molecule has 9 heteroatoms. The minimum atomic E-state index is -0.981. The number of carboxylic acid groups (broad SMARTS) is 1. The summed E-state index contributed by atoms with van der Waals surface area (Å²) in [5, 5.41) is 15.9. The van der Waals surface area contributed by atoms with Gasteiger partial charge in [-0.3, -0.25) is 9.78 Å². The van der Waals surface area contributed by atoms with E-state index in [0.717, 1.165) is 16.9 Å². The van der Waals surface area contributed by atoms with Gasteiger partial charge in [0.15, 0.2) is 5.11 Å². The molecule has 3 heterocycles. The van der Waals surface area contributed by atoms with Crippen molar-refractivity contribution in [1.82, 2.24) is 10.3 Å². The van der Waals surface area contributed by atoms with E-state index >= 15 is 0 Å². The van der Waals surface area contributed by atoms with Crippen LogP contribution in [-0.2, 0) is 4.79 Å². The first-order chi connectivity index (χ1) is 17.4. The summed E-state index contributed by atoms with van der Waals surface area (Å²) in [4.78, 5) is 29.1. The number of aromatic nitrogens is 1. The molecule has 1 aliphatic heterocycles. The van der Waals surface area contributed by atoms with Crippen molar-refractivity contribution in [3.8, 4) is 11.3 Å². The molecule has 2 aromatic heterocycles. The Bertz CT molecular complexity index is 1420. The number of thiocarbonyl (C=S) groups is 1. The molecule has 8 nitrogen and oxygen atoms in total. The molecule has 5 rings (SSSR count). The van der Waals surface area contributed by atoms with E-state index in [9.17, 15) is 14.7 Å². The fourth-order valence-electron chi connectivity index (χ4n) is 4.27. The van der Waals surface area contributed by atoms with Crippen LogP contribution in [0.15, 0.2) is 89.5 Å². The second-order valence-electron chi connectivity index (χ2n) is 8.31. The Balaban J connectivity index is 1.53. The van der Waals surface area contributed by atoms with E-state index < -0.39 is 5.97 Å². The highest BCUT2D eigenvalue weighted by molar-refractivity contribution is 7.80. The van der Waals surface area contributed by atoms with Crippen LogP contribution in [0.1, 0.15) is 40.8 Å². The molecular weight excluding hydrogens is 476 g/mol. The van der Waals surface area contributed by atoms with Gasteiger partial charge < -0.3 is 25.1 Å². The first-order valence-electron chi connectivity index (χ1n) is 11.2. The second kappa shape index (κ2) is 9.63. The molecule has 2 atom stereocenters. The Morgan fingerprint density at radius 2 is 1.78 bits per heavy atom. The van der Waals surface area contributed by atoms with Crippen molar-refractivity contribution >= 4 is 40.6 Å². The lowest BCUT2D eigenvalue weighted by atomic mass is 10.0. The summed E-state index contributed by atoms with van der Waals surface area (Å²) in [5.41, 5.74) is 3.30. The average molecular weight is 499 g/mol. The number of aromatic carboxylic acids is 1. The number of anilines is 2. The van der Waals surface area contributed by atoms with E-state index in [2.05, 4.69) is 15.6 Å². The molecule has 0 saturated carbocycles. The van der Waals surface area contributed by atoms with Crippen molar-refractivity contribution in [3.05, 3.63) is 102 Å². The lowest BCUT2D eigenvalue weighted by Gasteiger charge is -2.26. The van der Waals surface area contributed by atoms with E-state index in [1.807, 2.05) is 59.5 Å². The average Bonchev–Trinajstić information content (AvgIpc) is 3.49. The Labute approximate surface area is 212 Å². The van der Waals surface area contributed by atoms with Gasteiger partial charge in [-0.15, -0.1) is 0 Å². The number of amides is 1. The maximum atomic E-state index is 11.4. The Morgan fingerprint density at radius 1 is 1.03 bits per heavy atom. The summed E-state index contributed by atoms with van der Waals surface area (Å²) in [6.45, 7) is 1.46. The Morgan fingerprint density at radius 3 is 2.42 bits per heavy atom. The monoisotopic (exact) mass is 498 g/mol. The zero-order valence-corrected chi connectivity index (χ0v) is 20.0. The van der Waals surface area contributed by atoms with Gasteiger partial charge in [-0.2, -0.15) is 0 Å². The summed E-state index contributed by atoms with van der Waals surface area (Å²) >= 11 is 5.74. The van der Waals surface area contributed by atoms with Crippen LogP contribution in [0.2, 0.25) is 0 Å². The van der Waals surface area contributed by atoms with Crippen LogP contribution in [0, 0.1) is 0 Å². The van der Waals surface area contributed by atoms with Gasteiger partial charge in [-0.05, 0) is 72.9 Å². The third-order valence-corrected chi connectivity index (χ3v) is 6.21. The van der Waals surface area contributed by atoms with Gasteiger partial charge in [-0.25, -0.2) is 4.79 Å². The first kappa shape index (κ1) is 23.3. The number of nitrogens with one attached hydrogen (secondary N) is 2. The number of carbonyl (C=O) groups is 2. The number of hydrogen-bond donors (Lipinski definition) is 3. The van der Waals surface area contributed by atoms with Crippen molar-refractivity contribution in [1.29, 1.82) is 0 Å². The zero-order valence-electron chi connectivity index (χ0n) is 19.2. The lowest BCUT2D eigenvalue weighted by Crippen LogP contribution is -2.29. The smallest absolute Gasteiger partial charge is 0.335 e. The fourth-order valence-corrected chi connectivity index (χ4v) is 4.62. The molecule has 4 aromatic rings. The topological polar surface area (TPSA) is 108 Å². The van der Waals surface area contributed by atoms with E-state index in [0.29, 0.717) is 22.3 Å². The summed E-state index contributed by atoms with van der Waals surface area (Å²) < 4.78 is 6.31. The van der Waals surface area contributed by atoms with E-state index in [4.69, 9.17) is 16.6 Å². The van der Waals surface area contributed by atoms with Gasteiger partial charge >= 0.3 is 5.97 Å². The maximum absolute atomic E-state index is 11.4. The molecule has 1 saturated heterocycles. The highest BCUT2D eigenvalue weighted by atomic mass is 32.1. The maximum Gasteiger partial charge on any atom is 0.335 e. The van der Waals surface area contributed by atoms with Crippen LogP contribution in [0.4, 0.5) is 11.4 Å². The van der Waals surface area contributed by atoms with Crippen molar-refractivity contribution in [3.63, 3.8) is 0 Å². The molecule has 1 aliphatic rings. The largest absolute Gasteiger partial charge is 0.478 e. The molecular formula is C27H22N4O4S. The molecule has 0 spiro atoms. The highest BCUT2D eigenvalue weighted by Crippen LogP contribution is 2.43. The Kier molecular flexibility index (Phi) is 6.22. The van der Waals surface area contributed by atoms with E-state index in [-0.39, 0.29) is 23.6 Å². The summed E-state index contributed by atoms with van der Waals surface area (Å²) in [7, 11) is 0. The molecule has 0 bridgehead atoms. The second-order valence-corrected chi connectivity index (χ2v) is 8.70. The first-order valence-corrected chi connectivity index (χ1v) is 11.6. The van der Waals surface area contributed by atoms with Crippen LogP contribution in [0.3, 0.4) is 0 Å².